The maximum Gasteiger partial charge on any atom is 0.270 e. The molecular weight excluding hydrogens is 342 g/mol. The van der Waals surface area contributed by atoms with Crippen molar-refractivity contribution < 1.29 is 17.9 Å². The second-order valence-corrected chi connectivity index (χ2v) is 9.00. The predicted octanol–water partition coefficient (Wildman–Crippen LogP) is 1.00. The van der Waals surface area contributed by atoms with E-state index in [4.69, 9.17) is 4.74 Å². The number of morpholine rings is 1. The number of nitrogens with one attached hydrogen (secondary N) is 1. The fourth-order valence-electron chi connectivity index (χ4n) is 3.58. The number of hydrogen-bond donors (Lipinski definition) is 1. The van der Waals surface area contributed by atoms with E-state index in [0.29, 0.717) is 31.7 Å². The third-order valence-corrected chi connectivity index (χ3v) is 6.59. The molecule has 2 aliphatic rings. The summed E-state index contributed by atoms with van der Waals surface area (Å²) in [6, 6.07) is 3.30. The first-order chi connectivity index (χ1) is 11.9. The van der Waals surface area contributed by atoms with Gasteiger partial charge in [-0.3, -0.25) is 9.78 Å². The fraction of sp³-hybridized carbons (Fsp3) is 0.647. The first-order valence-corrected chi connectivity index (χ1v) is 10.7. The molecule has 1 saturated carbocycles. The van der Waals surface area contributed by atoms with Crippen molar-refractivity contribution in [3.05, 3.63) is 24.0 Å². The third-order valence-electron chi connectivity index (χ3n) is 4.92. The van der Waals surface area contributed by atoms with Crippen LogP contribution < -0.4 is 10.2 Å². The van der Waals surface area contributed by atoms with E-state index < -0.39 is 15.1 Å². The van der Waals surface area contributed by atoms with Gasteiger partial charge in [0.05, 0.1) is 18.5 Å². The van der Waals surface area contributed by atoms with Gasteiger partial charge < -0.3 is 15.0 Å². The molecule has 1 amide bonds. The number of rotatable bonds is 4. The summed E-state index contributed by atoms with van der Waals surface area (Å²) in [5.74, 6) is -0.310. The largest absolute Gasteiger partial charge is 0.378 e. The topological polar surface area (TPSA) is 88.6 Å². The van der Waals surface area contributed by atoms with Crippen LogP contribution in [0, 0.1) is 0 Å². The molecule has 1 aromatic rings. The van der Waals surface area contributed by atoms with Crippen LogP contribution in [0.3, 0.4) is 0 Å². The van der Waals surface area contributed by atoms with Gasteiger partial charge in [0.2, 0.25) is 0 Å². The summed E-state index contributed by atoms with van der Waals surface area (Å²) in [5, 5.41) is 2.39. The van der Waals surface area contributed by atoms with Gasteiger partial charge >= 0.3 is 0 Å². The van der Waals surface area contributed by atoms with Crippen molar-refractivity contribution >= 4 is 21.4 Å². The molecule has 0 aromatic carbocycles. The molecule has 3 rings (SSSR count). The minimum atomic E-state index is -3.19. The monoisotopic (exact) mass is 367 g/mol. The van der Waals surface area contributed by atoms with E-state index in [9.17, 15) is 13.2 Å². The van der Waals surface area contributed by atoms with Crippen LogP contribution in [-0.2, 0) is 14.6 Å². The van der Waals surface area contributed by atoms with Gasteiger partial charge in [0, 0.05) is 37.3 Å². The van der Waals surface area contributed by atoms with E-state index in [0.717, 1.165) is 31.6 Å². The van der Waals surface area contributed by atoms with E-state index in [1.54, 1.807) is 12.3 Å². The molecule has 1 aliphatic heterocycles. The van der Waals surface area contributed by atoms with Crippen LogP contribution in [0.5, 0.6) is 0 Å². The highest BCUT2D eigenvalue weighted by Gasteiger charge is 2.34. The molecule has 138 valence electrons. The Morgan fingerprint density at radius 2 is 2.00 bits per heavy atom. The number of carbonyl (C=O) groups is 1. The number of hydrogen-bond acceptors (Lipinski definition) is 6. The van der Waals surface area contributed by atoms with Gasteiger partial charge in [-0.25, -0.2) is 8.42 Å². The van der Waals surface area contributed by atoms with Gasteiger partial charge in [0.1, 0.15) is 5.69 Å². The molecular formula is C17H25N3O4S. The Kier molecular flexibility index (Phi) is 5.58. The third kappa shape index (κ3) is 4.49. The van der Waals surface area contributed by atoms with Crippen LogP contribution in [-0.4, -0.2) is 63.2 Å². The molecule has 1 aromatic heterocycles. The maximum absolute atomic E-state index is 12.6. The Hall–Kier alpha value is -1.67. The molecule has 0 spiro atoms. The zero-order valence-corrected chi connectivity index (χ0v) is 15.3. The minimum absolute atomic E-state index is 0.310. The van der Waals surface area contributed by atoms with Crippen LogP contribution >= 0.6 is 0 Å². The van der Waals surface area contributed by atoms with E-state index in [2.05, 4.69) is 15.2 Å². The lowest BCUT2D eigenvalue weighted by Crippen LogP contribution is -2.48. The summed E-state index contributed by atoms with van der Waals surface area (Å²) in [5.41, 5.74) is 1.26. The predicted molar refractivity (Wildman–Crippen MR) is 95.6 cm³/mol. The van der Waals surface area contributed by atoms with Crippen LogP contribution in [0.4, 0.5) is 5.69 Å². The summed E-state index contributed by atoms with van der Waals surface area (Å²) >= 11 is 0. The lowest BCUT2D eigenvalue weighted by Gasteiger charge is -2.31. The molecule has 2 heterocycles. The van der Waals surface area contributed by atoms with Crippen LogP contribution in [0.2, 0.25) is 0 Å². The Balaban J connectivity index is 1.72. The van der Waals surface area contributed by atoms with Crippen molar-refractivity contribution in [3.63, 3.8) is 0 Å². The minimum Gasteiger partial charge on any atom is -0.378 e. The van der Waals surface area contributed by atoms with Crippen LogP contribution in [0.25, 0.3) is 0 Å². The summed E-state index contributed by atoms with van der Waals surface area (Å²) in [6.07, 6.45) is 5.97. The molecule has 2 atom stereocenters. The van der Waals surface area contributed by atoms with Gasteiger partial charge in [-0.05, 0) is 25.0 Å². The quantitative estimate of drug-likeness (QED) is 0.854. The zero-order valence-electron chi connectivity index (χ0n) is 14.5. The van der Waals surface area contributed by atoms with E-state index in [-0.39, 0.29) is 11.9 Å². The number of anilines is 1. The number of amides is 1. The summed E-state index contributed by atoms with van der Waals surface area (Å²) in [4.78, 5) is 18.9. The van der Waals surface area contributed by atoms with Crippen molar-refractivity contribution in [1.82, 2.24) is 10.3 Å². The molecule has 7 nitrogen and oxygen atoms in total. The first kappa shape index (κ1) is 18.1. The molecule has 0 radical (unpaired) electrons. The highest BCUT2D eigenvalue weighted by atomic mass is 32.2. The van der Waals surface area contributed by atoms with Gasteiger partial charge in [0.15, 0.2) is 9.84 Å². The first-order valence-electron chi connectivity index (χ1n) is 8.73. The maximum atomic E-state index is 12.6. The van der Waals surface area contributed by atoms with Gasteiger partial charge in [0.25, 0.3) is 5.91 Å². The number of carbonyl (C=O) groups excluding carboxylic acids is 1. The van der Waals surface area contributed by atoms with E-state index in [1.165, 1.54) is 6.26 Å². The molecule has 1 saturated heterocycles. The molecule has 0 unspecified atom stereocenters. The van der Waals surface area contributed by atoms with Crippen molar-refractivity contribution in [2.24, 2.45) is 0 Å². The van der Waals surface area contributed by atoms with Gasteiger partial charge in [-0.1, -0.05) is 12.8 Å². The van der Waals surface area contributed by atoms with Crippen molar-refractivity contribution in [2.75, 3.05) is 37.5 Å². The van der Waals surface area contributed by atoms with E-state index >= 15 is 0 Å². The number of aromatic nitrogens is 1. The average molecular weight is 367 g/mol. The highest BCUT2D eigenvalue weighted by molar-refractivity contribution is 7.91. The lowest BCUT2D eigenvalue weighted by atomic mass is 9.94. The average Bonchev–Trinajstić information content (AvgIpc) is 2.62. The Morgan fingerprint density at radius 1 is 1.28 bits per heavy atom. The normalized spacial score (nSPS) is 24.8. The Labute approximate surface area is 148 Å². The standard InChI is InChI=1S/C17H25N3O4S/c1-25(22,23)16-5-3-2-4-14(16)19-17(21)15-12-13(6-7-18-15)20-8-10-24-11-9-20/h6-7,12,14,16H,2-5,8-11H2,1H3,(H,19,21)/t14-,16-/m1/s1. The summed E-state index contributed by atoms with van der Waals surface area (Å²) in [7, 11) is -3.19. The molecule has 0 bridgehead atoms. The van der Waals surface area contributed by atoms with Crippen LogP contribution in [0.1, 0.15) is 36.2 Å². The number of sulfone groups is 1. The number of pyridine rings is 1. The molecule has 8 heteroatoms. The van der Waals surface area contributed by atoms with Crippen LogP contribution in [0.15, 0.2) is 18.3 Å². The molecule has 1 aliphatic carbocycles. The zero-order chi connectivity index (χ0) is 17.9. The SMILES string of the molecule is CS(=O)(=O)[C@@H]1CCCC[C@H]1NC(=O)c1cc(N2CCOCC2)ccn1. The highest BCUT2D eigenvalue weighted by Crippen LogP contribution is 2.24. The van der Waals surface area contributed by atoms with Crippen molar-refractivity contribution in [3.8, 4) is 0 Å². The lowest BCUT2D eigenvalue weighted by molar-refractivity contribution is 0.0923. The summed E-state index contributed by atoms with van der Waals surface area (Å²) < 4.78 is 29.3. The van der Waals surface area contributed by atoms with Crippen molar-refractivity contribution in [1.29, 1.82) is 0 Å². The molecule has 1 N–H and O–H groups in total. The Morgan fingerprint density at radius 3 is 2.72 bits per heavy atom. The van der Waals surface area contributed by atoms with E-state index in [1.807, 2.05) is 6.07 Å². The molecule has 2 fully saturated rings. The second-order valence-electron chi connectivity index (χ2n) is 6.73. The number of ether oxygens (including phenoxy) is 1. The number of nitrogens with zero attached hydrogens (tertiary/aromatic N) is 2. The molecule has 25 heavy (non-hydrogen) atoms. The second kappa shape index (κ2) is 7.70. The van der Waals surface area contributed by atoms with Gasteiger partial charge in [-0.15, -0.1) is 0 Å². The summed E-state index contributed by atoms with van der Waals surface area (Å²) in [6.45, 7) is 2.90. The fourth-order valence-corrected chi connectivity index (χ4v) is 4.97. The van der Waals surface area contributed by atoms with Crippen molar-refractivity contribution in [2.45, 2.75) is 37.0 Å². The Bertz CT molecular complexity index is 716. The van der Waals surface area contributed by atoms with Gasteiger partial charge in [-0.2, -0.15) is 0 Å². The smallest absolute Gasteiger partial charge is 0.270 e.